The number of anilines is 1. The molecule has 5 nitrogen and oxygen atoms in total. The van der Waals surface area contributed by atoms with Crippen LogP contribution in [0.4, 0.5) is 5.69 Å². The largest absolute Gasteiger partial charge is 0.326 e. The number of aryl methyl sites for hydroxylation is 1. The molecule has 1 saturated carbocycles. The maximum Gasteiger partial charge on any atom is 0.240 e. The van der Waals surface area contributed by atoms with E-state index in [4.69, 9.17) is 5.84 Å². The van der Waals surface area contributed by atoms with Gasteiger partial charge >= 0.3 is 0 Å². The van der Waals surface area contributed by atoms with Crippen LogP contribution in [-0.2, 0) is 9.59 Å². The number of hydrogen-bond donors (Lipinski definition) is 3. The molecule has 120 valence electrons. The summed E-state index contributed by atoms with van der Waals surface area (Å²) < 4.78 is 0. The average Bonchev–Trinajstić information content (AvgIpc) is 2.72. The maximum absolute atomic E-state index is 12.6. The van der Waals surface area contributed by atoms with Gasteiger partial charge in [-0.1, -0.05) is 38.5 Å². The van der Waals surface area contributed by atoms with Gasteiger partial charge < -0.3 is 5.32 Å². The monoisotopic (exact) mass is 303 g/mol. The third-order valence-electron chi connectivity index (χ3n) is 5.49. The zero-order valence-electron chi connectivity index (χ0n) is 13.7. The standard InChI is InChI=1S/C17H25N3O2/c1-11-5-7-12(8-6-11)19-14(21)13-9-10-17(4,15(22)20-18)16(13,2)3/h5-8,13H,9-10,18H2,1-4H3,(H,19,21)(H,20,22). The summed E-state index contributed by atoms with van der Waals surface area (Å²) in [5.41, 5.74) is 3.06. The molecule has 0 bridgehead atoms. The number of hydrogen-bond acceptors (Lipinski definition) is 3. The SMILES string of the molecule is Cc1ccc(NC(=O)C2CCC(C)(C(=O)NN)C2(C)C)cc1. The van der Waals surface area contributed by atoms with Crippen LogP contribution in [0.5, 0.6) is 0 Å². The molecule has 1 aliphatic rings. The van der Waals surface area contributed by atoms with Gasteiger partial charge in [-0.3, -0.25) is 15.0 Å². The van der Waals surface area contributed by atoms with Gasteiger partial charge in [-0.15, -0.1) is 0 Å². The minimum atomic E-state index is -0.642. The van der Waals surface area contributed by atoms with Gasteiger partial charge in [0.15, 0.2) is 0 Å². The summed E-state index contributed by atoms with van der Waals surface area (Å²) in [4.78, 5) is 24.8. The Labute approximate surface area is 131 Å². The van der Waals surface area contributed by atoms with Gasteiger partial charge in [-0.05, 0) is 37.3 Å². The van der Waals surface area contributed by atoms with Crippen molar-refractivity contribution in [2.24, 2.45) is 22.6 Å². The van der Waals surface area contributed by atoms with E-state index in [0.717, 1.165) is 11.3 Å². The Bertz CT molecular complexity index is 580. The zero-order chi connectivity index (χ0) is 16.5. The lowest BCUT2D eigenvalue weighted by Gasteiger charge is -2.39. The third-order valence-corrected chi connectivity index (χ3v) is 5.49. The maximum atomic E-state index is 12.6. The van der Waals surface area contributed by atoms with Crippen molar-refractivity contribution in [1.29, 1.82) is 0 Å². The summed E-state index contributed by atoms with van der Waals surface area (Å²) in [6, 6.07) is 7.70. The van der Waals surface area contributed by atoms with Crippen molar-refractivity contribution in [1.82, 2.24) is 5.43 Å². The lowest BCUT2D eigenvalue weighted by molar-refractivity contribution is -0.137. The normalized spacial score (nSPS) is 26.5. The van der Waals surface area contributed by atoms with Crippen molar-refractivity contribution in [3.8, 4) is 0 Å². The second kappa shape index (κ2) is 5.72. The summed E-state index contributed by atoms with van der Waals surface area (Å²) in [5, 5.41) is 2.96. The van der Waals surface area contributed by atoms with Gasteiger partial charge in [-0.2, -0.15) is 0 Å². The lowest BCUT2D eigenvalue weighted by Crippen LogP contribution is -2.50. The van der Waals surface area contributed by atoms with Crippen molar-refractivity contribution >= 4 is 17.5 Å². The highest BCUT2D eigenvalue weighted by atomic mass is 16.2. The highest BCUT2D eigenvalue weighted by Gasteiger charge is 2.57. The molecule has 2 atom stereocenters. The van der Waals surface area contributed by atoms with Crippen molar-refractivity contribution in [3.05, 3.63) is 29.8 Å². The number of carbonyl (C=O) groups excluding carboxylic acids is 2. The third kappa shape index (κ3) is 2.61. The molecule has 4 N–H and O–H groups in total. The van der Waals surface area contributed by atoms with Crippen LogP contribution in [0.15, 0.2) is 24.3 Å². The van der Waals surface area contributed by atoms with E-state index in [1.54, 1.807) is 0 Å². The lowest BCUT2D eigenvalue weighted by atomic mass is 9.65. The number of carbonyl (C=O) groups is 2. The van der Waals surface area contributed by atoms with E-state index in [-0.39, 0.29) is 17.7 Å². The van der Waals surface area contributed by atoms with E-state index >= 15 is 0 Å². The molecule has 2 amide bonds. The predicted molar refractivity (Wildman–Crippen MR) is 86.8 cm³/mol. The zero-order valence-corrected chi connectivity index (χ0v) is 13.7. The van der Waals surface area contributed by atoms with Gasteiger partial charge in [0, 0.05) is 11.6 Å². The highest BCUT2D eigenvalue weighted by Crippen LogP contribution is 2.56. The average molecular weight is 303 g/mol. The van der Waals surface area contributed by atoms with Crippen molar-refractivity contribution in [2.45, 2.75) is 40.5 Å². The smallest absolute Gasteiger partial charge is 0.240 e. The summed E-state index contributed by atoms with van der Waals surface area (Å²) >= 11 is 0. The number of nitrogens with one attached hydrogen (secondary N) is 2. The summed E-state index contributed by atoms with van der Waals surface area (Å²) in [6.45, 7) is 7.82. The molecule has 2 unspecified atom stereocenters. The quantitative estimate of drug-likeness (QED) is 0.455. The first-order valence-corrected chi connectivity index (χ1v) is 7.61. The minimum absolute atomic E-state index is 0.0394. The fraction of sp³-hybridized carbons (Fsp3) is 0.529. The van der Waals surface area contributed by atoms with Gasteiger partial charge in [0.05, 0.1) is 5.41 Å². The Kier molecular flexibility index (Phi) is 4.29. The van der Waals surface area contributed by atoms with E-state index in [9.17, 15) is 9.59 Å². The van der Waals surface area contributed by atoms with Crippen LogP contribution in [0.1, 0.15) is 39.2 Å². The van der Waals surface area contributed by atoms with Crippen LogP contribution < -0.4 is 16.6 Å². The highest BCUT2D eigenvalue weighted by molar-refractivity contribution is 5.95. The molecule has 0 spiro atoms. The molecule has 0 saturated heterocycles. The molecule has 0 aromatic heterocycles. The molecule has 2 rings (SSSR count). The fourth-order valence-corrected chi connectivity index (χ4v) is 3.39. The molecule has 1 aromatic rings. The van der Waals surface area contributed by atoms with Crippen molar-refractivity contribution in [3.63, 3.8) is 0 Å². The number of amides is 2. The molecule has 1 fully saturated rings. The first-order valence-electron chi connectivity index (χ1n) is 7.61. The van der Waals surface area contributed by atoms with Gasteiger partial charge in [-0.25, -0.2) is 5.84 Å². The molecular weight excluding hydrogens is 278 g/mol. The molecule has 22 heavy (non-hydrogen) atoms. The van der Waals surface area contributed by atoms with E-state index in [2.05, 4.69) is 10.7 Å². The van der Waals surface area contributed by atoms with Crippen LogP contribution in [-0.4, -0.2) is 11.8 Å². The summed E-state index contributed by atoms with van der Waals surface area (Å²) in [5.74, 6) is 4.85. The molecule has 1 aromatic carbocycles. The van der Waals surface area contributed by atoms with Gasteiger partial charge in [0.1, 0.15) is 0 Å². The number of benzene rings is 1. The molecule has 0 aliphatic heterocycles. The topological polar surface area (TPSA) is 84.2 Å². The molecule has 5 heteroatoms. The van der Waals surface area contributed by atoms with E-state index in [1.165, 1.54) is 0 Å². The first kappa shape index (κ1) is 16.5. The van der Waals surface area contributed by atoms with Crippen molar-refractivity contribution < 1.29 is 9.59 Å². The fourth-order valence-electron chi connectivity index (χ4n) is 3.39. The Balaban J connectivity index is 2.17. The molecular formula is C17H25N3O2. The van der Waals surface area contributed by atoms with E-state index in [0.29, 0.717) is 12.8 Å². The van der Waals surface area contributed by atoms with Crippen LogP contribution in [0.25, 0.3) is 0 Å². The van der Waals surface area contributed by atoms with Gasteiger partial charge in [0.25, 0.3) is 0 Å². The second-order valence-corrected chi connectivity index (χ2v) is 6.97. The Morgan fingerprint density at radius 1 is 1.18 bits per heavy atom. The second-order valence-electron chi connectivity index (χ2n) is 6.97. The van der Waals surface area contributed by atoms with Crippen molar-refractivity contribution in [2.75, 3.05) is 5.32 Å². The van der Waals surface area contributed by atoms with Crippen LogP contribution in [0.3, 0.4) is 0 Å². The van der Waals surface area contributed by atoms with Crippen LogP contribution >= 0.6 is 0 Å². The Morgan fingerprint density at radius 2 is 1.77 bits per heavy atom. The predicted octanol–water partition coefficient (Wildman–Crippen LogP) is 2.37. The number of rotatable bonds is 3. The first-order chi connectivity index (χ1) is 10.2. The minimum Gasteiger partial charge on any atom is -0.326 e. The number of hydrazine groups is 1. The number of nitrogens with two attached hydrogens (primary N) is 1. The summed E-state index contributed by atoms with van der Waals surface area (Å²) in [7, 11) is 0. The van der Waals surface area contributed by atoms with Crippen LogP contribution in [0.2, 0.25) is 0 Å². The van der Waals surface area contributed by atoms with Gasteiger partial charge in [0.2, 0.25) is 11.8 Å². The van der Waals surface area contributed by atoms with E-state index in [1.807, 2.05) is 52.0 Å². The van der Waals surface area contributed by atoms with E-state index < -0.39 is 10.8 Å². The molecule has 1 aliphatic carbocycles. The molecule has 0 heterocycles. The summed E-state index contributed by atoms with van der Waals surface area (Å²) in [6.07, 6.45) is 1.32. The molecule has 0 radical (unpaired) electrons. The Hall–Kier alpha value is -1.88. The Morgan fingerprint density at radius 3 is 2.32 bits per heavy atom. The van der Waals surface area contributed by atoms with Crippen LogP contribution in [0, 0.1) is 23.7 Å².